The average Bonchev–Trinajstić information content (AvgIpc) is 2.14. The second-order valence-electron chi connectivity index (χ2n) is 4.46. The molecule has 1 aromatic rings. The van der Waals surface area contributed by atoms with Crippen molar-refractivity contribution < 1.29 is 4.74 Å². The van der Waals surface area contributed by atoms with Crippen LogP contribution in [0.25, 0.3) is 0 Å². The normalized spacial score (nSPS) is 14.9. The van der Waals surface area contributed by atoms with Crippen molar-refractivity contribution in [2.75, 3.05) is 13.2 Å². The van der Waals surface area contributed by atoms with Crippen LogP contribution in [0.1, 0.15) is 25.0 Å². The van der Waals surface area contributed by atoms with E-state index >= 15 is 0 Å². The first-order valence-electron chi connectivity index (χ1n) is 5.46. The van der Waals surface area contributed by atoms with Crippen molar-refractivity contribution in [1.82, 2.24) is 0 Å². The number of aryl methyl sites for hydroxylation is 1. The Bertz CT molecular complexity index is 307. The Morgan fingerprint density at radius 1 is 1.40 bits per heavy atom. The minimum absolute atomic E-state index is 0.274. The second-order valence-corrected chi connectivity index (χ2v) is 4.46. The summed E-state index contributed by atoms with van der Waals surface area (Å²) in [7, 11) is 0. The standard InChI is InChI=1S/C13H21NO/c1-4-15-10-13(3,14)9-12-7-5-6-11(2)8-12/h5-8H,4,9-10,14H2,1-3H3. The molecule has 0 saturated carbocycles. The highest BCUT2D eigenvalue weighted by Crippen LogP contribution is 2.12. The minimum Gasteiger partial charge on any atom is -0.380 e. The zero-order chi connectivity index (χ0) is 11.3. The molecule has 0 amide bonds. The van der Waals surface area contributed by atoms with Gasteiger partial charge in [-0.3, -0.25) is 0 Å². The zero-order valence-electron chi connectivity index (χ0n) is 9.92. The predicted molar refractivity (Wildman–Crippen MR) is 64.0 cm³/mol. The number of benzene rings is 1. The van der Waals surface area contributed by atoms with E-state index in [0.29, 0.717) is 6.61 Å². The number of ether oxygens (including phenoxy) is 1. The topological polar surface area (TPSA) is 35.2 Å². The van der Waals surface area contributed by atoms with Crippen LogP contribution in [0, 0.1) is 6.92 Å². The average molecular weight is 207 g/mol. The van der Waals surface area contributed by atoms with E-state index in [9.17, 15) is 0 Å². The van der Waals surface area contributed by atoms with E-state index in [-0.39, 0.29) is 5.54 Å². The summed E-state index contributed by atoms with van der Waals surface area (Å²) >= 11 is 0. The lowest BCUT2D eigenvalue weighted by Gasteiger charge is -2.24. The third-order valence-corrected chi connectivity index (χ3v) is 2.33. The van der Waals surface area contributed by atoms with Crippen LogP contribution < -0.4 is 5.73 Å². The Hall–Kier alpha value is -0.860. The summed E-state index contributed by atoms with van der Waals surface area (Å²) < 4.78 is 5.38. The molecule has 0 saturated heterocycles. The van der Waals surface area contributed by atoms with Gasteiger partial charge in [-0.15, -0.1) is 0 Å². The third-order valence-electron chi connectivity index (χ3n) is 2.33. The Morgan fingerprint density at radius 3 is 2.73 bits per heavy atom. The van der Waals surface area contributed by atoms with E-state index in [1.54, 1.807) is 0 Å². The number of hydrogen-bond acceptors (Lipinski definition) is 2. The quantitative estimate of drug-likeness (QED) is 0.804. The number of rotatable bonds is 5. The maximum atomic E-state index is 6.16. The van der Waals surface area contributed by atoms with Gasteiger partial charge < -0.3 is 10.5 Å². The Kier molecular flexibility index (Phi) is 4.30. The molecule has 0 radical (unpaired) electrons. The summed E-state index contributed by atoms with van der Waals surface area (Å²) in [6.07, 6.45) is 0.856. The van der Waals surface area contributed by atoms with Crippen LogP contribution in [0.3, 0.4) is 0 Å². The molecule has 0 aromatic heterocycles. The summed E-state index contributed by atoms with van der Waals surface area (Å²) in [5, 5.41) is 0. The fraction of sp³-hybridized carbons (Fsp3) is 0.538. The van der Waals surface area contributed by atoms with Gasteiger partial charge in [-0.1, -0.05) is 29.8 Å². The van der Waals surface area contributed by atoms with Gasteiger partial charge in [-0.2, -0.15) is 0 Å². The van der Waals surface area contributed by atoms with Crippen molar-refractivity contribution in [1.29, 1.82) is 0 Å². The van der Waals surface area contributed by atoms with Crippen LogP contribution in [0.2, 0.25) is 0 Å². The van der Waals surface area contributed by atoms with Crippen LogP contribution in [-0.2, 0) is 11.2 Å². The van der Waals surface area contributed by atoms with Gasteiger partial charge in [0.05, 0.1) is 6.61 Å². The van der Waals surface area contributed by atoms with Crippen molar-refractivity contribution >= 4 is 0 Å². The zero-order valence-corrected chi connectivity index (χ0v) is 9.92. The lowest BCUT2D eigenvalue weighted by molar-refractivity contribution is 0.101. The molecule has 0 spiro atoms. The summed E-state index contributed by atoms with van der Waals surface area (Å²) in [5.74, 6) is 0. The summed E-state index contributed by atoms with van der Waals surface area (Å²) in [5.41, 5.74) is 8.44. The Balaban J connectivity index is 2.60. The summed E-state index contributed by atoms with van der Waals surface area (Å²) in [4.78, 5) is 0. The van der Waals surface area contributed by atoms with E-state index in [4.69, 9.17) is 10.5 Å². The highest BCUT2D eigenvalue weighted by Gasteiger charge is 2.18. The molecule has 2 nitrogen and oxygen atoms in total. The first-order valence-corrected chi connectivity index (χ1v) is 5.46. The molecule has 2 N–H and O–H groups in total. The van der Waals surface area contributed by atoms with Gasteiger partial charge in [0, 0.05) is 12.1 Å². The molecule has 0 bridgehead atoms. The van der Waals surface area contributed by atoms with Gasteiger partial charge in [0.2, 0.25) is 0 Å². The molecule has 1 rings (SSSR count). The molecule has 15 heavy (non-hydrogen) atoms. The molecule has 1 unspecified atom stereocenters. The molecular weight excluding hydrogens is 186 g/mol. The van der Waals surface area contributed by atoms with Crippen molar-refractivity contribution in [3.63, 3.8) is 0 Å². The van der Waals surface area contributed by atoms with Crippen molar-refractivity contribution in [3.8, 4) is 0 Å². The highest BCUT2D eigenvalue weighted by atomic mass is 16.5. The SMILES string of the molecule is CCOCC(C)(N)Cc1cccc(C)c1. The maximum Gasteiger partial charge on any atom is 0.0646 e. The lowest BCUT2D eigenvalue weighted by Crippen LogP contribution is -2.43. The minimum atomic E-state index is -0.274. The molecule has 2 heteroatoms. The van der Waals surface area contributed by atoms with Crippen LogP contribution in [0.5, 0.6) is 0 Å². The largest absolute Gasteiger partial charge is 0.380 e. The van der Waals surface area contributed by atoms with Gasteiger partial charge in [0.1, 0.15) is 0 Å². The van der Waals surface area contributed by atoms with Gasteiger partial charge in [0.25, 0.3) is 0 Å². The predicted octanol–water partition coefficient (Wildman–Crippen LogP) is 2.29. The number of hydrogen-bond donors (Lipinski definition) is 1. The fourth-order valence-corrected chi connectivity index (χ4v) is 1.67. The van der Waals surface area contributed by atoms with Gasteiger partial charge in [-0.25, -0.2) is 0 Å². The van der Waals surface area contributed by atoms with Crippen LogP contribution in [0.4, 0.5) is 0 Å². The maximum absolute atomic E-state index is 6.16. The molecule has 1 aromatic carbocycles. The van der Waals surface area contributed by atoms with E-state index in [2.05, 4.69) is 31.2 Å². The molecule has 0 aliphatic rings. The molecule has 0 heterocycles. The first kappa shape index (κ1) is 12.2. The van der Waals surface area contributed by atoms with Gasteiger partial charge in [-0.05, 0) is 32.8 Å². The third kappa shape index (κ3) is 4.45. The van der Waals surface area contributed by atoms with Crippen LogP contribution in [0.15, 0.2) is 24.3 Å². The van der Waals surface area contributed by atoms with Crippen molar-refractivity contribution in [2.24, 2.45) is 5.73 Å². The Labute approximate surface area is 92.4 Å². The lowest BCUT2D eigenvalue weighted by atomic mass is 9.94. The molecule has 84 valence electrons. The summed E-state index contributed by atoms with van der Waals surface area (Å²) in [6, 6.07) is 8.46. The van der Waals surface area contributed by atoms with E-state index in [1.807, 2.05) is 13.8 Å². The monoisotopic (exact) mass is 207 g/mol. The molecular formula is C13H21NO. The summed E-state index contributed by atoms with van der Waals surface area (Å²) in [6.45, 7) is 7.45. The Morgan fingerprint density at radius 2 is 2.13 bits per heavy atom. The number of nitrogens with two attached hydrogens (primary N) is 1. The molecule has 1 atom stereocenters. The second kappa shape index (κ2) is 5.29. The fourth-order valence-electron chi connectivity index (χ4n) is 1.67. The van der Waals surface area contributed by atoms with Crippen LogP contribution in [-0.4, -0.2) is 18.8 Å². The van der Waals surface area contributed by atoms with Crippen LogP contribution >= 0.6 is 0 Å². The highest BCUT2D eigenvalue weighted by molar-refractivity contribution is 5.23. The van der Waals surface area contributed by atoms with E-state index in [0.717, 1.165) is 13.0 Å². The smallest absolute Gasteiger partial charge is 0.0646 e. The molecule has 0 aliphatic carbocycles. The van der Waals surface area contributed by atoms with Gasteiger partial charge >= 0.3 is 0 Å². The van der Waals surface area contributed by atoms with Gasteiger partial charge in [0.15, 0.2) is 0 Å². The molecule has 0 fully saturated rings. The van der Waals surface area contributed by atoms with Crippen molar-refractivity contribution in [3.05, 3.63) is 35.4 Å². The van der Waals surface area contributed by atoms with E-state index in [1.165, 1.54) is 11.1 Å². The van der Waals surface area contributed by atoms with E-state index < -0.39 is 0 Å². The van der Waals surface area contributed by atoms with Crippen molar-refractivity contribution in [2.45, 2.75) is 32.7 Å². The first-order chi connectivity index (χ1) is 7.03. The molecule has 0 aliphatic heterocycles.